The molecule has 0 heterocycles. The van der Waals surface area contributed by atoms with Gasteiger partial charge in [0.25, 0.3) is 0 Å². The zero-order valence-corrected chi connectivity index (χ0v) is 25.5. The maximum absolute atomic E-state index is 3.91. The molecule has 1 heteroatoms. The van der Waals surface area contributed by atoms with Crippen LogP contribution in [-0.2, 0) is 10.8 Å². The van der Waals surface area contributed by atoms with Gasteiger partial charge in [-0.1, -0.05) is 153 Å². The number of nitrogens with one attached hydrogen (secondary N) is 1. The van der Waals surface area contributed by atoms with Crippen LogP contribution in [0.2, 0.25) is 0 Å². The number of fused-ring (bicyclic) bond motifs is 8. The summed E-state index contributed by atoms with van der Waals surface area (Å²) in [4.78, 5) is 0. The van der Waals surface area contributed by atoms with Crippen molar-refractivity contribution < 1.29 is 0 Å². The van der Waals surface area contributed by atoms with Crippen molar-refractivity contribution in [3.8, 4) is 22.3 Å². The Morgan fingerprint density at radius 1 is 0.422 bits per heavy atom. The maximum Gasteiger partial charge on any atom is 0.0713 e. The van der Waals surface area contributed by atoms with Crippen LogP contribution in [0.15, 0.2) is 158 Å². The highest BCUT2D eigenvalue weighted by molar-refractivity contribution is 6.08. The van der Waals surface area contributed by atoms with Crippen molar-refractivity contribution in [1.82, 2.24) is 0 Å². The first kappa shape index (κ1) is 26.0. The van der Waals surface area contributed by atoms with E-state index in [-0.39, 0.29) is 10.8 Å². The quantitative estimate of drug-likeness (QED) is 0.220. The Labute approximate surface area is 264 Å². The largest absolute Gasteiger partial charge is 0.355 e. The van der Waals surface area contributed by atoms with Gasteiger partial charge in [-0.25, -0.2) is 0 Å². The van der Waals surface area contributed by atoms with E-state index in [1.807, 2.05) is 0 Å². The predicted molar refractivity (Wildman–Crippen MR) is 189 cm³/mol. The highest BCUT2D eigenvalue weighted by Crippen LogP contribution is 2.57. The van der Waals surface area contributed by atoms with E-state index in [0.717, 1.165) is 11.4 Å². The molecular formula is C44H33N. The van der Waals surface area contributed by atoms with E-state index in [2.05, 4.69) is 177 Å². The van der Waals surface area contributed by atoms with Crippen LogP contribution in [0.4, 0.5) is 11.4 Å². The molecule has 0 fully saturated rings. The average molecular weight is 576 g/mol. The molecule has 0 saturated heterocycles. The Kier molecular flexibility index (Phi) is 5.53. The molecule has 0 atom stereocenters. The third-order valence-electron chi connectivity index (χ3n) is 10.3. The predicted octanol–water partition coefficient (Wildman–Crippen LogP) is 11.3. The molecule has 0 aliphatic heterocycles. The van der Waals surface area contributed by atoms with Gasteiger partial charge in [0, 0.05) is 22.2 Å². The normalized spacial score (nSPS) is 14.8. The molecule has 0 spiro atoms. The molecule has 9 rings (SSSR count). The number of anilines is 2. The lowest BCUT2D eigenvalue weighted by Crippen LogP contribution is -2.28. The summed E-state index contributed by atoms with van der Waals surface area (Å²) in [6.07, 6.45) is 0. The molecule has 214 valence electrons. The number of rotatable bonds is 4. The lowest BCUT2D eigenvalue weighted by Gasteiger charge is -2.33. The van der Waals surface area contributed by atoms with Gasteiger partial charge in [-0.2, -0.15) is 0 Å². The Morgan fingerprint density at radius 2 is 0.978 bits per heavy atom. The van der Waals surface area contributed by atoms with Crippen molar-refractivity contribution >= 4 is 22.1 Å². The Morgan fingerprint density at radius 3 is 1.69 bits per heavy atom. The summed E-state index contributed by atoms with van der Waals surface area (Å²) in [5, 5.41) is 6.45. The molecule has 0 unspecified atom stereocenters. The average Bonchev–Trinajstić information content (AvgIpc) is 3.52. The summed E-state index contributed by atoms with van der Waals surface area (Å²) < 4.78 is 0. The third-order valence-corrected chi connectivity index (χ3v) is 10.3. The SMILES string of the molecule is CC1(C)c2ccccc2-c2c1cc(Nc1ccc3c(c1)-c1ccccc1C3(c1ccccc1)c1ccccc1)c1ccccc21. The van der Waals surface area contributed by atoms with Crippen molar-refractivity contribution in [3.63, 3.8) is 0 Å². The van der Waals surface area contributed by atoms with Gasteiger partial charge in [0.05, 0.1) is 5.41 Å². The smallest absolute Gasteiger partial charge is 0.0713 e. The molecule has 2 aliphatic rings. The van der Waals surface area contributed by atoms with E-state index in [4.69, 9.17) is 0 Å². The highest BCUT2D eigenvalue weighted by Gasteiger charge is 2.46. The maximum atomic E-state index is 3.91. The zero-order chi connectivity index (χ0) is 30.2. The lowest BCUT2D eigenvalue weighted by molar-refractivity contribution is 0.661. The van der Waals surface area contributed by atoms with Crippen molar-refractivity contribution in [2.45, 2.75) is 24.7 Å². The summed E-state index contributed by atoms with van der Waals surface area (Å²) in [5.74, 6) is 0. The van der Waals surface area contributed by atoms with E-state index < -0.39 is 0 Å². The van der Waals surface area contributed by atoms with Crippen LogP contribution in [0.5, 0.6) is 0 Å². The fourth-order valence-electron chi connectivity index (χ4n) is 8.34. The molecule has 1 N–H and O–H groups in total. The van der Waals surface area contributed by atoms with Gasteiger partial charge in [0.1, 0.15) is 0 Å². The molecular weight excluding hydrogens is 542 g/mol. The minimum absolute atomic E-state index is 0.0752. The molecule has 0 saturated carbocycles. The molecule has 0 radical (unpaired) electrons. The van der Waals surface area contributed by atoms with Crippen molar-refractivity contribution in [2.24, 2.45) is 0 Å². The zero-order valence-electron chi connectivity index (χ0n) is 25.5. The summed E-state index contributed by atoms with van der Waals surface area (Å²) in [6, 6.07) is 58.1. The van der Waals surface area contributed by atoms with E-state index in [9.17, 15) is 0 Å². The van der Waals surface area contributed by atoms with Crippen LogP contribution in [0.25, 0.3) is 33.0 Å². The highest BCUT2D eigenvalue weighted by atomic mass is 14.9. The second kappa shape index (κ2) is 9.55. The topological polar surface area (TPSA) is 12.0 Å². The first-order valence-electron chi connectivity index (χ1n) is 15.9. The lowest BCUT2D eigenvalue weighted by atomic mass is 9.68. The van der Waals surface area contributed by atoms with E-state index in [0.29, 0.717) is 0 Å². The van der Waals surface area contributed by atoms with Gasteiger partial charge in [0.15, 0.2) is 0 Å². The molecule has 7 aromatic rings. The molecule has 7 aromatic carbocycles. The van der Waals surface area contributed by atoms with E-state index in [1.165, 1.54) is 66.4 Å². The first-order chi connectivity index (χ1) is 22.1. The van der Waals surface area contributed by atoms with Gasteiger partial charge < -0.3 is 5.32 Å². The van der Waals surface area contributed by atoms with Gasteiger partial charge >= 0.3 is 0 Å². The van der Waals surface area contributed by atoms with Crippen LogP contribution in [0, 0.1) is 0 Å². The van der Waals surface area contributed by atoms with Crippen molar-refractivity contribution in [3.05, 3.63) is 191 Å². The molecule has 0 amide bonds. The molecule has 0 bridgehead atoms. The third kappa shape index (κ3) is 3.56. The van der Waals surface area contributed by atoms with Gasteiger partial charge in [-0.15, -0.1) is 0 Å². The minimum atomic E-state index is -0.386. The van der Waals surface area contributed by atoms with Crippen molar-refractivity contribution in [1.29, 1.82) is 0 Å². The summed E-state index contributed by atoms with van der Waals surface area (Å²) in [6.45, 7) is 4.71. The number of benzene rings is 7. The van der Waals surface area contributed by atoms with Crippen LogP contribution in [0.3, 0.4) is 0 Å². The van der Waals surface area contributed by atoms with Crippen LogP contribution < -0.4 is 5.32 Å². The molecule has 45 heavy (non-hydrogen) atoms. The summed E-state index contributed by atoms with van der Waals surface area (Å²) in [7, 11) is 0. The fourth-order valence-corrected chi connectivity index (χ4v) is 8.34. The monoisotopic (exact) mass is 575 g/mol. The minimum Gasteiger partial charge on any atom is -0.355 e. The molecule has 1 nitrogen and oxygen atoms in total. The number of hydrogen-bond acceptors (Lipinski definition) is 1. The van der Waals surface area contributed by atoms with E-state index >= 15 is 0 Å². The Bertz CT molecular complexity index is 2220. The second-order valence-electron chi connectivity index (χ2n) is 13.0. The Balaban J connectivity index is 1.24. The summed E-state index contributed by atoms with van der Waals surface area (Å²) >= 11 is 0. The van der Waals surface area contributed by atoms with Crippen LogP contribution >= 0.6 is 0 Å². The first-order valence-corrected chi connectivity index (χ1v) is 15.9. The fraction of sp³-hybridized carbons (Fsp3) is 0.0909. The number of hydrogen-bond donors (Lipinski definition) is 1. The van der Waals surface area contributed by atoms with Gasteiger partial charge in [0.2, 0.25) is 0 Å². The van der Waals surface area contributed by atoms with E-state index in [1.54, 1.807) is 0 Å². The Hall–Kier alpha value is -5.40. The summed E-state index contributed by atoms with van der Waals surface area (Å²) in [5.41, 5.74) is 15.1. The standard InChI is InChI=1S/C44H33N/c1-43(2)37-23-13-12-22-35(37)42-34-21-10-9-20-33(34)41(28-40(42)43)45-31-25-26-39-36(27-31)32-19-11-14-24-38(32)44(39,29-15-5-3-6-16-29)30-17-7-4-8-18-30/h3-28,45H,1-2H3. The van der Waals surface area contributed by atoms with Crippen molar-refractivity contribution in [2.75, 3.05) is 5.32 Å². The van der Waals surface area contributed by atoms with Crippen LogP contribution in [-0.4, -0.2) is 0 Å². The van der Waals surface area contributed by atoms with Gasteiger partial charge in [-0.3, -0.25) is 0 Å². The molecule has 0 aromatic heterocycles. The van der Waals surface area contributed by atoms with Crippen LogP contribution in [0.1, 0.15) is 47.2 Å². The van der Waals surface area contributed by atoms with Gasteiger partial charge in [-0.05, 0) is 79.2 Å². The molecule has 2 aliphatic carbocycles. The second-order valence-corrected chi connectivity index (χ2v) is 13.0.